The van der Waals surface area contributed by atoms with Crippen molar-refractivity contribution in [1.29, 1.82) is 0 Å². The molecule has 3 aliphatic rings. The Balaban J connectivity index is 1.25. The van der Waals surface area contributed by atoms with Crippen molar-refractivity contribution in [3.8, 4) is 5.75 Å². The van der Waals surface area contributed by atoms with Crippen molar-refractivity contribution in [3.05, 3.63) is 105 Å². The van der Waals surface area contributed by atoms with Crippen LogP contribution in [0, 0.1) is 29.1 Å². The van der Waals surface area contributed by atoms with Crippen molar-refractivity contribution in [2.75, 3.05) is 19.7 Å². The van der Waals surface area contributed by atoms with E-state index in [1.165, 1.54) is 6.92 Å². The highest BCUT2D eigenvalue weighted by Crippen LogP contribution is 2.38. The topological polar surface area (TPSA) is 61.9 Å². The summed E-state index contributed by atoms with van der Waals surface area (Å²) in [5.41, 5.74) is 2.94. The van der Waals surface area contributed by atoms with Crippen LogP contribution in [0.25, 0.3) is 5.57 Å². The van der Waals surface area contributed by atoms with E-state index in [4.69, 9.17) is 16.3 Å². The van der Waals surface area contributed by atoms with Crippen molar-refractivity contribution >= 4 is 29.0 Å². The lowest BCUT2D eigenvalue weighted by Crippen LogP contribution is -2.61. The molecule has 6 nitrogen and oxygen atoms in total. The Morgan fingerprint density at radius 2 is 1.62 bits per heavy atom. The van der Waals surface area contributed by atoms with Gasteiger partial charge >= 0.3 is 0 Å². The molecule has 3 aromatic rings. The SMILES string of the molecule is CC(=O)N1C[C@H]2CC(c3ccc(CCCOc4c(F)ccc(F)c4F)cc3)=C(C(=O)N(Cc3c(F)ccc(F)c3Cl)C3CC3)[C@@H](C1)N2. The third-order valence-corrected chi connectivity index (χ3v) is 9.37. The number of hydrogen-bond donors (Lipinski definition) is 1. The summed E-state index contributed by atoms with van der Waals surface area (Å²) < 4.78 is 75.5. The monoisotopic (exact) mass is 673 g/mol. The van der Waals surface area contributed by atoms with E-state index in [0.717, 1.165) is 47.7 Å². The molecule has 2 aliphatic heterocycles. The molecule has 2 bridgehead atoms. The number of amides is 2. The first kappa shape index (κ1) is 33.0. The Bertz CT molecular complexity index is 1730. The van der Waals surface area contributed by atoms with Crippen molar-refractivity contribution in [2.24, 2.45) is 0 Å². The highest BCUT2D eigenvalue weighted by atomic mass is 35.5. The average Bonchev–Trinajstić information content (AvgIpc) is 3.89. The smallest absolute Gasteiger partial charge is 0.252 e. The molecule has 0 unspecified atom stereocenters. The zero-order valence-electron chi connectivity index (χ0n) is 25.6. The molecule has 0 radical (unpaired) electrons. The summed E-state index contributed by atoms with van der Waals surface area (Å²) in [5.74, 6) is -6.15. The second kappa shape index (κ2) is 13.6. The van der Waals surface area contributed by atoms with E-state index < -0.39 is 40.9 Å². The lowest BCUT2D eigenvalue weighted by Gasteiger charge is -2.44. The van der Waals surface area contributed by atoms with Crippen LogP contribution in [0.5, 0.6) is 5.75 Å². The molecule has 2 heterocycles. The van der Waals surface area contributed by atoms with Crippen LogP contribution in [0.15, 0.2) is 54.1 Å². The molecule has 0 spiro atoms. The number of aryl methyl sites for hydroxylation is 1. The first-order valence-electron chi connectivity index (χ1n) is 15.5. The number of nitrogens with zero attached hydrogens (tertiary/aromatic N) is 2. The summed E-state index contributed by atoms with van der Waals surface area (Å²) in [6, 6.07) is 10.4. The summed E-state index contributed by atoms with van der Waals surface area (Å²) in [5, 5.41) is 3.14. The van der Waals surface area contributed by atoms with Crippen LogP contribution in [-0.2, 0) is 22.6 Å². The van der Waals surface area contributed by atoms with Crippen LogP contribution in [0.3, 0.4) is 0 Å². The number of carbonyl (C=O) groups excluding carboxylic acids is 2. The number of hydrogen-bond acceptors (Lipinski definition) is 4. The largest absolute Gasteiger partial charge is 0.488 e. The zero-order valence-corrected chi connectivity index (χ0v) is 26.4. The zero-order chi connectivity index (χ0) is 33.4. The molecule has 0 aromatic heterocycles. The van der Waals surface area contributed by atoms with Crippen LogP contribution < -0.4 is 10.1 Å². The van der Waals surface area contributed by atoms with Crippen LogP contribution >= 0.6 is 11.6 Å². The minimum Gasteiger partial charge on any atom is -0.488 e. The fraction of sp³-hybridized carbons (Fsp3) is 0.371. The number of ether oxygens (including phenoxy) is 1. The van der Waals surface area contributed by atoms with Crippen molar-refractivity contribution in [2.45, 2.75) is 63.7 Å². The maximum absolute atomic E-state index is 14.8. The Kier molecular flexibility index (Phi) is 9.57. The van der Waals surface area contributed by atoms with Crippen LogP contribution in [0.2, 0.25) is 5.02 Å². The van der Waals surface area contributed by atoms with Crippen molar-refractivity contribution in [1.82, 2.24) is 15.1 Å². The van der Waals surface area contributed by atoms with E-state index in [1.54, 1.807) is 9.80 Å². The number of fused-ring (bicyclic) bond motifs is 2. The molecule has 12 heteroatoms. The average molecular weight is 674 g/mol. The van der Waals surface area contributed by atoms with Gasteiger partial charge in [-0.15, -0.1) is 0 Å². The highest BCUT2D eigenvalue weighted by Gasteiger charge is 2.43. The summed E-state index contributed by atoms with van der Waals surface area (Å²) in [4.78, 5) is 30.1. The summed E-state index contributed by atoms with van der Waals surface area (Å²) in [6.07, 6.45) is 2.83. The van der Waals surface area contributed by atoms with Crippen LogP contribution in [-0.4, -0.2) is 59.4 Å². The number of benzene rings is 3. The van der Waals surface area contributed by atoms with Gasteiger partial charge in [0.2, 0.25) is 11.7 Å². The minimum absolute atomic E-state index is 0.0303. The first-order valence-corrected chi connectivity index (χ1v) is 15.9. The van der Waals surface area contributed by atoms with Gasteiger partial charge in [-0.05, 0) is 73.1 Å². The number of halogens is 6. The van der Waals surface area contributed by atoms with Gasteiger partial charge in [0.25, 0.3) is 5.91 Å². The molecule has 1 saturated heterocycles. The molecule has 248 valence electrons. The van der Waals surface area contributed by atoms with Gasteiger partial charge in [-0.2, -0.15) is 4.39 Å². The number of carbonyl (C=O) groups is 2. The molecule has 3 aromatic carbocycles. The van der Waals surface area contributed by atoms with Gasteiger partial charge in [-0.25, -0.2) is 17.6 Å². The molecular weight excluding hydrogens is 641 g/mol. The lowest BCUT2D eigenvalue weighted by atomic mass is 9.82. The van der Waals surface area contributed by atoms with E-state index >= 15 is 0 Å². The minimum atomic E-state index is -1.37. The fourth-order valence-corrected chi connectivity index (χ4v) is 6.59. The molecule has 2 atom stereocenters. The Hall–Kier alpha value is -3.96. The Morgan fingerprint density at radius 3 is 2.32 bits per heavy atom. The van der Waals surface area contributed by atoms with E-state index in [1.807, 2.05) is 24.3 Å². The molecule has 1 saturated carbocycles. The molecule has 1 aliphatic carbocycles. The van der Waals surface area contributed by atoms with Gasteiger partial charge in [0, 0.05) is 43.2 Å². The molecule has 2 amide bonds. The van der Waals surface area contributed by atoms with Gasteiger partial charge < -0.3 is 19.9 Å². The van der Waals surface area contributed by atoms with Gasteiger partial charge in [-0.1, -0.05) is 35.9 Å². The first-order chi connectivity index (χ1) is 22.5. The lowest BCUT2D eigenvalue weighted by molar-refractivity contribution is -0.132. The second-order valence-corrected chi connectivity index (χ2v) is 12.6. The summed E-state index contributed by atoms with van der Waals surface area (Å²) in [7, 11) is 0. The van der Waals surface area contributed by atoms with Crippen molar-refractivity contribution < 1.29 is 36.3 Å². The number of piperazine rings is 1. The maximum atomic E-state index is 14.8. The summed E-state index contributed by atoms with van der Waals surface area (Å²) in [6.45, 7) is 2.04. The maximum Gasteiger partial charge on any atom is 0.252 e. The predicted molar refractivity (Wildman–Crippen MR) is 166 cm³/mol. The molecular formula is C35H33ClF5N3O3. The normalized spacial score (nSPS) is 19.2. The number of nitrogens with one attached hydrogen (secondary N) is 1. The van der Waals surface area contributed by atoms with Gasteiger partial charge in [0.15, 0.2) is 17.4 Å². The second-order valence-electron chi connectivity index (χ2n) is 12.2. The molecule has 47 heavy (non-hydrogen) atoms. The van der Waals surface area contributed by atoms with E-state index in [0.29, 0.717) is 37.4 Å². The molecule has 6 rings (SSSR count). The molecule has 2 fully saturated rings. The fourth-order valence-electron chi connectivity index (χ4n) is 6.38. The van der Waals surface area contributed by atoms with E-state index in [-0.39, 0.29) is 54.2 Å². The van der Waals surface area contributed by atoms with Crippen LogP contribution in [0.4, 0.5) is 22.0 Å². The van der Waals surface area contributed by atoms with Gasteiger partial charge in [0.1, 0.15) is 11.6 Å². The third-order valence-electron chi connectivity index (χ3n) is 8.96. The third kappa shape index (κ3) is 7.01. The van der Waals surface area contributed by atoms with Gasteiger partial charge in [-0.3, -0.25) is 9.59 Å². The van der Waals surface area contributed by atoms with E-state index in [2.05, 4.69) is 5.32 Å². The summed E-state index contributed by atoms with van der Waals surface area (Å²) >= 11 is 6.15. The van der Waals surface area contributed by atoms with Crippen LogP contribution in [0.1, 0.15) is 49.3 Å². The standard InChI is InChI=1S/C35H33ClF5N3O3/c1-19(45)43-16-22-15-24(21-6-4-20(5-7-21)3-2-14-47-34-29(40)13-12-28(39)33(34)41)31(30(18-43)42-22)35(46)44(23-8-9-23)17-25-26(37)10-11-27(38)32(25)36/h4-7,10-13,22-23,30,42H,2-3,8-9,14-18H2,1H3/t22-,30-/m1/s1. The molecule has 1 N–H and O–H groups in total. The van der Waals surface area contributed by atoms with E-state index in [9.17, 15) is 31.5 Å². The number of rotatable bonds is 10. The predicted octanol–water partition coefficient (Wildman–Crippen LogP) is 6.58. The Morgan fingerprint density at radius 1 is 0.936 bits per heavy atom. The highest BCUT2D eigenvalue weighted by molar-refractivity contribution is 6.31. The van der Waals surface area contributed by atoms with Crippen molar-refractivity contribution in [3.63, 3.8) is 0 Å². The quantitative estimate of drug-likeness (QED) is 0.150. The van der Waals surface area contributed by atoms with Gasteiger partial charge in [0.05, 0.1) is 24.2 Å². The Labute approximate surface area is 274 Å².